The molecule has 0 aliphatic rings. The third kappa shape index (κ3) is 4.24. The molecule has 9 heteroatoms. The number of nitro benzene ring substituents is 1. The van der Waals surface area contributed by atoms with Crippen LogP contribution in [-0.2, 0) is 9.59 Å². The lowest BCUT2D eigenvalue weighted by Gasteiger charge is -2.07. The summed E-state index contributed by atoms with van der Waals surface area (Å²) in [6.07, 6.45) is 1.53. The van der Waals surface area contributed by atoms with Gasteiger partial charge in [0, 0.05) is 18.3 Å². The van der Waals surface area contributed by atoms with Crippen molar-refractivity contribution in [2.75, 3.05) is 10.6 Å². The Morgan fingerprint density at radius 3 is 2.48 bits per heavy atom. The number of nitro groups is 1. The molecule has 118 valence electrons. The standard InChI is InChI=1S/C14H11ClN4O4/c1-8-2-5-12(16-7-8)18-14(21)13(20)17-11-6-9(19(22)23)3-4-10(11)15/h2-7H,1H3,(H,17,20)(H,16,18,21). The van der Waals surface area contributed by atoms with Gasteiger partial charge in [-0.25, -0.2) is 4.98 Å². The van der Waals surface area contributed by atoms with E-state index in [0.717, 1.165) is 11.6 Å². The molecule has 2 amide bonds. The van der Waals surface area contributed by atoms with Crippen LogP contribution in [0.2, 0.25) is 5.02 Å². The summed E-state index contributed by atoms with van der Waals surface area (Å²) in [6, 6.07) is 6.78. The molecular formula is C14H11ClN4O4. The Bertz CT molecular complexity index is 777. The van der Waals surface area contributed by atoms with Gasteiger partial charge in [0.15, 0.2) is 0 Å². The van der Waals surface area contributed by atoms with Crippen LogP contribution in [0.5, 0.6) is 0 Å². The first-order valence-corrected chi connectivity index (χ1v) is 6.73. The summed E-state index contributed by atoms with van der Waals surface area (Å²) < 4.78 is 0. The summed E-state index contributed by atoms with van der Waals surface area (Å²) in [7, 11) is 0. The molecule has 2 aromatic rings. The van der Waals surface area contributed by atoms with Crippen LogP contribution in [0.3, 0.4) is 0 Å². The molecule has 0 aliphatic carbocycles. The topological polar surface area (TPSA) is 114 Å². The Hall–Kier alpha value is -3.00. The average Bonchev–Trinajstić information content (AvgIpc) is 2.51. The van der Waals surface area contributed by atoms with Gasteiger partial charge in [-0.1, -0.05) is 17.7 Å². The predicted molar refractivity (Wildman–Crippen MR) is 84.3 cm³/mol. The molecule has 0 spiro atoms. The zero-order valence-corrected chi connectivity index (χ0v) is 12.6. The molecule has 2 rings (SSSR count). The van der Waals surface area contributed by atoms with E-state index in [4.69, 9.17) is 11.6 Å². The van der Waals surface area contributed by atoms with Crippen LogP contribution in [0.25, 0.3) is 0 Å². The maximum Gasteiger partial charge on any atom is 0.315 e. The molecule has 0 saturated carbocycles. The zero-order chi connectivity index (χ0) is 17.0. The highest BCUT2D eigenvalue weighted by Gasteiger charge is 2.18. The second kappa shape index (κ2) is 6.84. The van der Waals surface area contributed by atoms with Crippen LogP contribution in [-0.4, -0.2) is 21.7 Å². The highest BCUT2D eigenvalue weighted by atomic mass is 35.5. The Morgan fingerprint density at radius 1 is 1.17 bits per heavy atom. The summed E-state index contributed by atoms with van der Waals surface area (Å²) in [4.78, 5) is 37.6. The molecule has 1 heterocycles. The third-order valence-corrected chi connectivity index (χ3v) is 3.10. The van der Waals surface area contributed by atoms with Gasteiger partial charge < -0.3 is 10.6 Å². The average molecular weight is 335 g/mol. The number of aryl methyl sites for hydroxylation is 1. The first-order valence-electron chi connectivity index (χ1n) is 6.36. The van der Waals surface area contributed by atoms with E-state index >= 15 is 0 Å². The van der Waals surface area contributed by atoms with Crippen molar-refractivity contribution in [1.29, 1.82) is 0 Å². The van der Waals surface area contributed by atoms with Gasteiger partial charge in [-0.3, -0.25) is 19.7 Å². The van der Waals surface area contributed by atoms with Gasteiger partial charge >= 0.3 is 11.8 Å². The van der Waals surface area contributed by atoms with Gasteiger partial charge in [-0.15, -0.1) is 0 Å². The second-order valence-corrected chi connectivity index (χ2v) is 4.96. The van der Waals surface area contributed by atoms with E-state index in [0.29, 0.717) is 0 Å². The van der Waals surface area contributed by atoms with Crippen LogP contribution >= 0.6 is 11.6 Å². The SMILES string of the molecule is Cc1ccc(NC(=O)C(=O)Nc2cc([N+](=O)[O-])ccc2Cl)nc1. The number of amides is 2. The molecule has 0 aliphatic heterocycles. The zero-order valence-electron chi connectivity index (χ0n) is 11.9. The highest BCUT2D eigenvalue weighted by Crippen LogP contribution is 2.26. The van der Waals surface area contributed by atoms with Gasteiger partial charge in [0.05, 0.1) is 15.6 Å². The summed E-state index contributed by atoms with van der Waals surface area (Å²) in [5, 5.41) is 15.3. The van der Waals surface area contributed by atoms with E-state index in [-0.39, 0.29) is 22.2 Å². The predicted octanol–water partition coefficient (Wildman–Crippen LogP) is 2.53. The van der Waals surface area contributed by atoms with E-state index in [1.54, 1.807) is 12.1 Å². The van der Waals surface area contributed by atoms with E-state index in [2.05, 4.69) is 15.6 Å². The van der Waals surface area contributed by atoms with Crippen molar-refractivity contribution in [3.05, 3.63) is 57.2 Å². The quantitative estimate of drug-likeness (QED) is 0.508. The first kappa shape index (κ1) is 16.4. The number of rotatable bonds is 3. The molecule has 1 aromatic heterocycles. The summed E-state index contributed by atoms with van der Waals surface area (Å²) in [5.41, 5.74) is 0.610. The van der Waals surface area contributed by atoms with E-state index in [9.17, 15) is 19.7 Å². The first-order chi connectivity index (χ1) is 10.9. The number of carbonyl (C=O) groups excluding carboxylic acids is 2. The van der Waals surface area contributed by atoms with Crippen LogP contribution in [0, 0.1) is 17.0 Å². The fourth-order valence-electron chi connectivity index (χ4n) is 1.62. The van der Waals surface area contributed by atoms with Crippen molar-refractivity contribution >= 4 is 40.6 Å². The second-order valence-electron chi connectivity index (χ2n) is 4.55. The number of aromatic nitrogens is 1. The summed E-state index contributed by atoms with van der Waals surface area (Å²) in [5.74, 6) is -1.78. The molecule has 0 saturated heterocycles. The number of non-ortho nitro benzene ring substituents is 1. The lowest BCUT2D eigenvalue weighted by Crippen LogP contribution is -2.29. The molecule has 1 aromatic carbocycles. The molecule has 0 radical (unpaired) electrons. The lowest BCUT2D eigenvalue weighted by atomic mass is 10.2. The number of pyridine rings is 1. The number of halogens is 1. The monoisotopic (exact) mass is 334 g/mol. The van der Waals surface area contributed by atoms with Gasteiger partial charge in [0.2, 0.25) is 0 Å². The number of nitrogens with zero attached hydrogens (tertiary/aromatic N) is 2. The number of carbonyl (C=O) groups is 2. The van der Waals surface area contributed by atoms with Crippen molar-refractivity contribution in [2.45, 2.75) is 6.92 Å². The maximum atomic E-state index is 11.8. The minimum Gasteiger partial charge on any atom is -0.316 e. The van der Waals surface area contributed by atoms with Crippen molar-refractivity contribution in [3.8, 4) is 0 Å². The smallest absolute Gasteiger partial charge is 0.315 e. The molecular weight excluding hydrogens is 324 g/mol. The molecule has 8 nitrogen and oxygen atoms in total. The van der Waals surface area contributed by atoms with Crippen LogP contribution in [0.15, 0.2) is 36.5 Å². The Morgan fingerprint density at radius 2 is 1.87 bits per heavy atom. The van der Waals surface area contributed by atoms with Crippen molar-refractivity contribution in [1.82, 2.24) is 4.98 Å². The largest absolute Gasteiger partial charge is 0.316 e. The Labute approximate surface area is 135 Å². The molecule has 0 bridgehead atoms. The summed E-state index contributed by atoms with van der Waals surface area (Å²) in [6.45, 7) is 1.83. The number of hydrogen-bond donors (Lipinski definition) is 2. The summed E-state index contributed by atoms with van der Waals surface area (Å²) >= 11 is 5.85. The van der Waals surface area contributed by atoms with Crippen LogP contribution < -0.4 is 10.6 Å². The fourth-order valence-corrected chi connectivity index (χ4v) is 1.78. The van der Waals surface area contributed by atoms with E-state index in [1.807, 2.05) is 6.92 Å². The van der Waals surface area contributed by atoms with E-state index < -0.39 is 16.7 Å². The molecule has 0 fully saturated rings. The highest BCUT2D eigenvalue weighted by molar-refractivity contribution is 6.44. The normalized spacial score (nSPS) is 10.0. The molecule has 2 N–H and O–H groups in total. The van der Waals surface area contributed by atoms with Gasteiger partial charge in [-0.05, 0) is 24.6 Å². The van der Waals surface area contributed by atoms with Gasteiger partial charge in [-0.2, -0.15) is 0 Å². The van der Waals surface area contributed by atoms with Crippen molar-refractivity contribution in [3.63, 3.8) is 0 Å². The molecule has 23 heavy (non-hydrogen) atoms. The fraction of sp³-hybridized carbons (Fsp3) is 0.0714. The minimum atomic E-state index is -1.02. The molecule has 0 unspecified atom stereocenters. The maximum absolute atomic E-state index is 11.8. The number of hydrogen-bond acceptors (Lipinski definition) is 5. The van der Waals surface area contributed by atoms with Gasteiger partial charge in [0.25, 0.3) is 5.69 Å². The van der Waals surface area contributed by atoms with Crippen LogP contribution in [0.1, 0.15) is 5.56 Å². The van der Waals surface area contributed by atoms with Gasteiger partial charge in [0.1, 0.15) is 5.82 Å². The van der Waals surface area contributed by atoms with Crippen molar-refractivity contribution < 1.29 is 14.5 Å². The van der Waals surface area contributed by atoms with Crippen LogP contribution in [0.4, 0.5) is 17.2 Å². The number of benzene rings is 1. The number of anilines is 2. The Balaban J connectivity index is 2.09. The third-order valence-electron chi connectivity index (χ3n) is 2.77. The van der Waals surface area contributed by atoms with Crippen molar-refractivity contribution in [2.24, 2.45) is 0 Å². The lowest BCUT2D eigenvalue weighted by molar-refractivity contribution is -0.384. The molecule has 0 atom stereocenters. The minimum absolute atomic E-state index is 0.0297. The number of nitrogens with one attached hydrogen (secondary N) is 2. The Kier molecular flexibility index (Phi) is 4.87. The van der Waals surface area contributed by atoms with E-state index in [1.165, 1.54) is 18.3 Å².